The lowest BCUT2D eigenvalue weighted by atomic mass is 10.0. The van der Waals surface area contributed by atoms with Crippen LogP contribution >= 0.6 is 11.8 Å². The first-order valence-corrected chi connectivity index (χ1v) is 31.7. The fourth-order valence-electron chi connectivity index (χ4n) is 9.50. The molecule has 95 heavy (non-hydrogen) atoms. The van der Waals surface area contributed by atoms with E-state index < -0.39 is 198 Å². The highest BCUT2D eigenvalue weighted by molar-refractivity contribution is 7.98. The Morgan fingerprint density at radius 2 is 1.14 bits per heavy atom. The standard InChI is InChI=1S/C58H73N13O21S2.H3N/c1-29(72)49(71-57(87)40(23-31-12-14-33(15-13-31)92-94(89,90)91)68-56(86)43(26-48(78)79)69-52(82)37(16-18-44(59)73)65-51(81)36-17-19-45(74)63-36)58(88)62-28-46(75)64-41(24-32-27-61-35-11-7-6-10-34(32)35)54(84)66-38(20-21-93-2)53(83)70-42(25-47(76)77)55(85)67-39(50(60)80)22-30-8-4-3-5-9-30;/h3-15,27,29,36-43,49,61,72H,16-26,28H2,1-2H3,(H2,59,73)(H2,60,80)(H,62,88)(H,63,74)(H,64,75)(H,65,81)(H,66,84)(H,67,85)(H,68,86)(H,69,82)(H,70,83)(H,71,87)(H,76,77)(H,78,79)(H,89,90,91);1H3/t29-,36+,37+,38+,39+,40+,41+,42+,43+,49+;/m1./s1. The quantitative estimate of drug-likeness (QED) is 0.0189. The summed E-state index contributed by atoms with van der Waals surface area (Å²) >= 11 is 1.26. The fraction of sp³-hybridized carbons (Fsp3) is 0.414. The van der Waals surface area contributed by atoms with Crippen molar-refractivity contribution < 1.29 is 99.6 Å². The second-order valence-electron chi connectivity index (χ2n) is 21.6. The summed E-state index contributed by atoms with van der Waals surface area (Å²) in [6, 6.07) is 4.78. The van der Waals surface area contributed by atoms with Crippen LogP contribution in [0.5, 0.6) is 5.75 Å². The van der Waals surface area contributed by atoms with Crippen molar-refractivity contribution in [3.63, 3.8) is 0 Å². The summed E-state index contributed by atoms with van der Waals surface area (Å²) in [6.07, 6.45) is -2.72. The normalized spacial score (nSPS) is 15.5. The van der Waals surface area contributed by atoms with Gasteiger partial charge < -0.3 is 95.3 Å². The van der Waals surface area contributed by atoms with E-state index in [9.17, 15) is 90.9 Å². The number of nitrogens with one attached hydrogen (secondary N) is 11. The molecular formula is C58H76N14O21S2. The maximum atomic E-state index is 14.5. The number of hydrogen-bond acceptors (Lipinski definition) is 20. The number of aromatic amines is 1. The van der Waals surface area contributed by atoms with Crippen molar-refractivity contribution >= 4 is 116 Å². The van der Waals surface area contributed by atoms with Gasteiger partial charge in [0, 0.05) is 49.2 Å². The van der Waals surface area contributed by atoms with E-state index in [-0.39, 0.29) is 49.6 Å². The van der Waals surface area contributed by atoms with Gasteiger partial charge in [-0.2, -0.15) is 20.2 Å². The molecule has 0 saturated carbocycles. The van der Waals surface area contributed by atoms with E-state index in [2.05, 4.69) is 62.3 Å². The molecule has 3 aromatic carbocycles. The summed E-state index contributed by atoms with van der Waals surface area (Å²) in [6.45, 7) is 0.0728. The van der Waals surface area contributed by atoms with Crippen molar-refractivity contribution in [2.75, 3.05) is 18.6 Å². The van der Waals surface area contributed by atoms with Crippen LogP contribution in [-0.2, 0) is 96.8 Å². The minimum Gasteiger partial charge on any atom is -0.481 e. The number of rotatable bonds is 38. The minimum absolute atomic E-state index is 0. The summed E-state index contributed by atoms with van der Waals surface area (Å²) in [5.74, 6) is -15.9. The van der Waals surface area contributed by atoms with Gasteiger partial charge in [-0.25, -0.2) is 0 Å². The molecule has 1 saturated heterocycles. The number of carbonyl (C=O) groups is 14. The predicted molar refractivity (Wildman–Crippen MR) is 336 cm³/mol. The molecule has 1 fully saturated rings. The zero-order valence-electron chi connectivity index (χ0n) is 51.2. The van der Waals surface area contributed by atoms with E-state index in [1.807, 2.05) is 0 Å². The molecule has 4 aromatic rings. The van der Waals surface area contributed by atoms with Crippen LogP contribution in [0.1, 0.15) is 68.6 Å². The molecule has 0 spiro atoms. The Hall–Kier alpha value is -10.2. The number of aliphatic hydroxyl groups is 1. The monoisotopic (exact) mass is 1370 g/mol. The number of aliphatic carboxylic acids is 2. The smallest absolute Gasteiger partial charge is 0.446 e. The van der Waals surface area contributed by atoms with Gasteiger partial charge >= 0.3 is 22.3 Å². The second-order valence-corrected chi connectivity index (χ2v) is 23.6. The SMILES string of the molecule is CSCC[C@H](NC(=O)[C@H](Cc1c[nH]c2ccccc12)NC(=O)CNC(=O)[C@@H](NC(=O)[C@H](Cc1ccc(OS(=O)(=O)O)cc1)NC(=O)[C@H](CC(=O)O)NC(=O)[C@H](CCC(N)=O)NC(=O)[C@@H]1CCC(=O)N1)[C@@H](C)O)C(=O)N[C@@H](CC(=O)O)C(=O)N[C@@H](Cc1ccccc1)C(N)=O.N. The molecule has 516 valence electrons. The maximum Gasteiger partial charge on any atom is 0.446 e. The average molecular weight is 1370 g/mol. The summed E-state index contributed by atoms with van der Waals surface area (Å²) in [4.78, 5) is 188. The number of carboxylic acid groups (broad SMARTS) is 2. The molecule has 5 rings (SSSR count). The third-order valence-corrected chi connectivity index (χ3v) is 15.3. The molecule has 35 nitrogen and oxygen atoms in total. The zero-order chi connectivity index (χ0) is 69.4. The Morgan fingerprint density at radius 3 is 1.68 bits per heavy atom. The van der Waals surface area contributed by atoms with Crippen LogP contribution in [0.3, 0.4) is 0 Å². The van der Waals surface area contributed by atoms with Gasteiger partial charge in [0.25, 0.3) is 0 Å². The van der Waals surface area contributed by atoms with Gasteiger partial charge in [0.1, 0.15) is 60.1 Å². The number of carboxylic acids is 2. The lowest BCUT2D eigenvalue weighted by Gasteiger charge is -2.27. The van der Waals surface area contributed by atoms with Crippen LogP contribution in [0.15, 0.2) is 85.1 Å². The Labute approximate surface area is 546 Å². The zero-order valence-corrected chi connectivity index (χ0v) is 52.9. The number of para-hydroxylation sites is 1. The highest BCUT2D eigenvalue weighted by Crippen LogP contribution is 2.21. The number of hydrogen-bond donors (Lipinski definition) is 18. The summed E-state index contributed by atoms with van der Waals surface area (Å²) < 4.78 is 36.4. The molecule has 0 radical (unpaired) electrons. The fourth-order valence-corrected chi connectivity index (χ4v) is 10.3. The van der Waals surface area contributed by atoms with E-state index in [0.717, 1.165) is 19.1 Å². The molecule has 0 aliphatic carbocycles. The number of amides is 12. The highest BCUT2D eigenvalue weighted by Gasteiger charge is 2.37. The van der Waals surface area contributed by atoms with E-state index in [1.54, 1.807) is 67.0 Å². The van der Waals surface area contributed by atoms with Crippen LogP contribution < -0.4 is 75.0 Å². The van der Waals surface area contributed by atoms with Crippen LogP contribution in [0, 0.1) is 0 Å². The Balaban J connectivity index is 0.0000192. The summed E-state index contributed by atoms with van der Waals surface area (Å²) in [7, 11) is -5.02. The van der Waals surface area contributed by atoms with Crippen LogP contribution in [0.2, 0.25) is 0 Å². The first-order chi connectivity index (χ1) is 44.4. The number of H-pyrrole nitrogens is 1. The molecule has 2 heterocycles. The van der Waals surface area contributed by atoms with Gasteiger partial charge in [0.15, 0.2) is 0 Å². The van der Waals surface area contributed by atoms with E-state index in [0.29, 0.717) is 22.0 Å². The summed E-state index contributed by atoms with van der Waals surface area (Å²) in [5.41, 5.74) is 12.6. The molecule has 1 aromatic heterocycles. The number of aromatic nitrogens is 1. The molecule has 0 unspecified atom stereocenters. The number of fused-ring (bicyclic) bond motifs is 1. The van der Waals surface area contributed by atoms with E-state index in [1.165, 1.54) is 23.9 Å². The molecular weight excluding hydrogens is 1290 g/mol. The van der Waals surface area contributed by atoms with E-state index >= 15 is 0 Å². The van der Waals surface area contributed by atoms with Crippen molar-refractivity contribution in [2.45, 2.75) is 132 Å². The number of thioether (sulfide) groups is 1. The number of primary amides is 2. The number of nitrogens with two attached hydrogens (primary N) is 2. The van der Waals surface area contributed by atoms with Crippen molar-refractivity contribution in [1.82, 2.24) is 64.3 Å². The summed E-state index contributed by atoms with van der Waals surface area (Å²) in [5, 5.41) is 54.6. The maximum absolute atomic E-state index is 14.5. The first-order valence-electron chi connectivity index (χ1n) is 28.9. The van der Waals surface area contributed by atoms with Crippen molar-refractivity contribution in [2.24, 2.45) is 11.5 Å². The minimum atomic E-state index is -5.02. The Bertz CT molecular complexity index is 3560. The molecule has 10 atom stereocenters. The van der Waals surface area contributed by atoms with E-state index in [4.69, 9.17) is 16.0 Å². The second kappa shape index (κ2) is 36.9. The van der Waals surface area contributed by atoms with Crippen molar-refractivity contribution in [3.8, 4) is 5.75 Å². The molecule has 12 amide bonds. The topological polar surface area (TPSA) is 586 Å². The van der Waals surface area contributed by atoms with Gasteiger partial charge in [-0.15, -0.1) is 0 Å². The number of benzene rings is 3. The highest BCUT2D eigenvalue weighted by atomic mass is 32.3. The first kappa shape index (κ1) is 77.2. The van der Waals surface area contributed by atoms with Crippen LogP contribution in [0.4, 0.5) is 0 Å². The van der Waals surface area contributed by atoms with Crippen molar-refractivity contribution in [3.05, 3.63) is 102 Å². The van der Waals surface area contributed by atoms with Gasteiger partial charge in [-0.05, 0) is 73.1 Å². The van der Waals surface area contributed by atoms with Crippen LogP contribution in [-0.4, -0.2) is 195 Å². The number of aliphatic hydroxyl groups excluding tert-OH is 1. The Morgan fingerprint density at radius 1 is 0.632 bits per heavy atom. The average Bonchev–Trinajstić information content (AvgIpc) is 1.84. The molecule has 1 aliphatic rings. The van der Waals surface area contributed by atoms with Gasteiger partial charge in [-0.1, -0.05) is 60.7 Å². The lowest BCUT2D eigenvalue weighted by Crippen LogP contribution is -2.61. The largest absolute Gasteiger partial charge is 0.481 e. The van der Waals surface area contributed by atoms with Gasteiger partial charge in [0.2, 0.25) is 70.9 Å². The predicted octanol–water partition coefficient (Wildman–Crippen LogP) is -4.35. The molecule has 22 N–H and O–H groups in total. The lowest BCUT2D eigenvalue weighted by molar-refractivity contribution is -0.142. The van der Waals surface area contributed by atoms with Crippen molar-refractivity contribution in [1.29, 1.82) is 0 Å². The molecule has 37 heteroatoms. The number of carbonyl (C=O) groups excluding carboxylic acids is 12. The molecule has 0 bridgehead atoms. The van der Waals surface area contributed by atoms with Gasteiger partial charge in [-0.3, -0.25) is 71.7 Å². The van der Waals surface area contributed by atoms with Crippen LogP contribution in [0.25, 0.3) is 10.9 Å². The molecule has 1 aliphatic heterocycles. The third-order valence-electron chi connectivity index (χ3n) is 14.3. The van der Waals surface area contributed by atoms with Gasteiger partial charge in [0.05, 0.1) is 25.5 Å². The third kappa shape index (κ3) is 25.6. The Kier molecular flexibility index (Phi) is 30.0.